The molecule has 2 aromatic heterocycles. The molecule has 3 aromatic rings. The fraction of sp³-hybridized carbons (Fsp3) is 0.400. The Morgan fingerprint density at radius 3 is 2.64 bits per heavy atom. The number of aryl methyl sites for hydroxylation is 1. The third-order valence-electron chi connectivity index (χ3n) is 6.27. The lowest BCUT2D eigenvalue weighted by atomic mass is 9.91. The minimum absolute atomic E-state index is 0.294. The van der Waals surface area contributed by atoms with Gasteiger partial charge in [-0.05, 0) is 55.5 Å². The lowest BCUT2D eigenvalue weighted by Gasteiger charge is -2.37. The number of nitriles is 1. The number of ether oxygens (including phenoxy) is 2. The van der Waals surface area contributed by atoms with Gasteiger partial charge in [-0.2, -0.15) is 10.4 Å². The summed E-state index contributed by atoms with van der Waals surface area (Å²) >= 11 is 0. The van der Waals surface area contributed by atoms with Crippen molar-refractivity contribution in [2.24, 2.45) is 12.8 Å². The largest absolute Gasteiger partial charge is 0.438 e. The Morgan fingerprint density at radius 2 is 1.97 bits per heavy atom. The minimum atomic E-state index is -0.294. The summed E-state index contributed by atoms with van der Waals surface area (Å²) in [5.41, 5.74) is 9.17. The Labute approximate surface area is 193 Å². The molecule has 0 aliphatic carbocycles. The van der Waals surface area contributed by atoms with Gasteiger partial charge in [0.05, 0.1) is 36.1 Å². The van der Waals surface area contributed by atoms with E-state index in [4.69, 9.17) is 15.2 Å². The smallest absolute Gasteiger partial charge is 0.219 e. The highest BCUT2D eigenvalue weighted by Crippen LogP contribution is 2.35. The van der Waals surface area contributed by atoms with E-state index in [0.29, 0.717) is 30.4 Å². The fourth-order valence-corrected chi connectivity index (χ4v) is 4.37. The molecule has 8 nitrogen and oxygen atoms in total. The maximum atomic E-state index is 9.42. The molecule has 170 valence electrons. The zero-order chi connectivity index (χ0) is 22.8. The normalized spacial score (nSPS) is 17.3. The van der Waals surface area contributed by atoms with Crippen molar-refractivity contribution < 1.29 is 9.47 Å². The third-order valence-corrected chi connectivity index (χ3v) is 6.27. The van der Waals surface area contributed by atoms with Crippen molar-refractivity contribution >= 4 is 5.82 Å². The van der Waals surface area contributed by atoms with Gasteiger partial charge in [0, 0.05) is 38.0 Å². The molecule has 0 bridgehead atoms. The maximum Gasteiger partial charge on any atom is 0.219 e. The standard InChI is InChI=1S/C25H28N6O2/c1-30-24(12-23(29-30)31-9-3-2-4-10-31)33-22-11-18(14-26)5-7-20(22)21-8-6-19(15-28-21)13-25(27)16-32-17-25/h5-8,11-12,15H,2-4,9-10,13,16-17,27H2,1H3. The minimum Gasteiger partial charge on any atom is -0.438 e. The molecule has 0 saturated carbocycles. The van der Waals surface area contributed by atoms with Crippen LogP contribution in [0.25, 0.3) is 11.3 Å². The van der Waals surface area contributed by atoms with E-state index in [0.717, 1.165) is 42.1 Å². The van der Waals surface area contributed by atoms with E-state index in [1.165, 1.54) is 19.3 Å². The van der Waals surface area contributed by atoms with Gasteiger partial charge in [-0.3, -0.25) is 4.98 Å². The highest BCUT2D eigenvalue weighted by Gasteiger charge is 2.34. The van der Waals surface area contributed by atoms with Crippen molar-refractivity contribution in [3.8, 4) is 29.0 Å². The SMILES string of the molecule is Cn1nc(N2CCCCC2)cc1Oc1cc(C#N)ccc1-c1ccc(CC2(N)COC2)cn1. The number of pyridine rings is 1. The first-order chi connectivity index (χ1) is 16.0. The van der Waals surface area contributed by atoms with Gasteiger partial charge in [0.25, 0.3) is 0 Å². The Morgan fingerprint density at radius 1 is 1.15 bits per heavy atom. The molecule has 0 spiro atoms. The van der Waals surface area contributed by atoms with E-state index < -0.39 is 0 Å². The van der Waals surface area contributed by atoms with Crippen LogP contribution in [-0.2, 0) is 18.2 Å². The molecular weight excluding hydrogens is 416 g/mol. The fourth-order valence-electron chi connectivity index (χ4n) is 4.37. The predicted octanol–water partition coefficient (Wildman–Crippen LogP) is 3.41. The van der Waals surface area contributed by atoms with Crippen molar-refractivity contribution in [1.29, 1.82) is 5.26 Å². The summed E-state index contributed by atoms with van der Waals surface area (Å²) in [6, 6.07) is 13.6. The van der Waals surface area contributed by atoms with Gasteiger partial charge < -0.3 is 20.1 Å². The summed E-state index contributed by atoms with van der Waals surface area (Å²) in [7, 11) is 1.87. The van der Waals surface area contributed by atoms with Crippen molar-refractivity contribution in [3.63, 3.8) is 0 Å². The molecule has 1 aromatic carbocycles. The number of nitrogens with two attached hydrogens (primary N) is 1. The van der Waals surface area contributed by atoms with E-state index in [1.807, 2.05) is 37.5 Å². The average molecular weight is 445 g/mol. The van der Waals surface area contributed by atoms with E-state index in [-0.39, 0.29) is 5.54 Å². The second kappa shape index (κ2) is 8.85. The van der Waals surface area contributed by atoms with Gasteiger partial charge in [-0.15, -0.1) is 0 Å². The second-order valence-electron chi connectivity index (χ2n) is 9.02. The van der Waals surface area contributed by atoms with Crippen molar-refractivity contribution in [3.05, 3.63) is 53.7 Å². The molecule has 0 radical (unpaired) electrons. The van der Waals surface area contributed by atoms with Gasteiger partial charge >= 0.3 is 0 Å². The van der Waals surface area contributed by atoms with E-state index in [9.17, 15) is 5.26 Å². The van der Waals surface area contributed by atoms with Crippen LogP contribution < -0.4 is 15.4 Å². The highest BCUT2D eigenvalue weighted by molar-refractivity contribution is 5.69. The first-order valence-corrected chi connectivity index (χ1v) is 11.4. The third kappa shape index (κ3) is 4.56. The number of hydrogen-bond donors (Lipinski definition) is 1. The molecule has 2 fully saturated rings. The molecule has 2 N–H and O–H groups in total. The zero-order valence-electron chi connectivity index (χ0n) is 18.8. The van der Waals surface area contributed by atoms with Gasteiger partial charge in [0.2, 0.25) is 5.88 Å². The van der Waals surface area contributed by atoms with E-state index in [2.05, 4.69) is 21.1 Å². The highest BCUT2D eigenvalue weighted by atomic mass is 16.5. The topological polar surface area (TPSA) is 102 Å². The summed E-state index contributed by atoms with van der Waals surface area (Å²) in [5.74, 6) is 2.12. The Balaban J connectivity index is 1.41. The summed E-state index contributed by atoms with van der Waals surface area (Å²) in [6.07, 6.45) is 6.21. The van der Waals surface area contributed by atoms with Crippen LogP contribution in [0.4, 0.5) is 5.82 Å². The maximum absolute atomic E-state index is 9.42. The van der Waals surface area contributed by atoms with Crippen LogP contribution >= 0.6 is 0 Å². The van der Waals surface area contributed by atoms with Crippen molar-refractivity contribution in [1.82, 2.24) is 14.8 Å². The van der Waals surface area contributed by atoms with Crippen LogP contribution in [0, 0.1) is 11.3 Å². The molecule has 4 heterocycles. The number of rotatable bonds is 6. The first kappa shape index (κ1) is 21.4. The van der Waals surface area contributed by atoms with Crippen LogP contribution in [0.3, 0.4) is 0 Å². The molecule has 2 aliphatic rings. The molecular formula is C25H28N6O2. The Hall–Kier alpha value is -3.41. The lowest BCUT2D eigenvalue weighted by molar-refractivity contribution is -0.0529. The van der Waals surface area contributed by atoms with Crippen molar-refractivity contribution in [2.45, 2.75) is 31.2 Å². The van der Waals surface area contributed by atoms with Crippen LogP contribution in [0.2, 0.25) is 0 Å². The number of nitrogens with zero attached hydrogens (tertiary/aromatic N) is 5. The van der Waals surface area contributed by atoms with Crippen LogP contribution in [0.1, 0.15) is 30.4 Å². The molecule has 2 saturated heterocycles. The van der Waals surface area contributed by atoms with Gasteiger partial charge in [0.15, 0.2) is 5.82 Å². The van der Waals surface area contributed by atoms with Crippen LogP contribution in [-0.4, -0.2) is 46.6 Å². The number of piperidine rings is 1. The number of benzene rings is 1. The lowest BCUT2D eigenvalue weighted by Crippen LogP contribution is -2.58. The Kier molecular flexibility index (Phi) is 5.75. The number of aromatic nitrogens is 3. The monoisotopic (exact) mass is 444 g/mol. The summed E-state index contributed by atoms with van der Waals surface area (Å²) in [4.78, 5) is 6.95. The number of hydrogen-bond acceptors (Lipinski definition) is 7. The molecule has 0 amide bonds. The van der Waals surface area contributed by atoms with Crippen LogP contribution in [0.15, 0.2) is 42.6 Å². The summed E-state index contributed by atoms with van der Waals surface area (Å²) < 4.78 is 13.3. The predicted molar refractivity (Wildman–Crippen MR) is 125 cm³/mol. The summed E-state index contributed by atoms with van der Waals surface area (Å²) in [5, 5.41) is 14.1. The van der Waals surface area contributed by atoms with Gasteiger partial charge in [0.1, 0.15) is 5.75 Å². The molecule has 5 rings (SSSR count). The van der Waals surface area contributed by atoms with E-state index in [1.54, 1.807) is 16.8 Å². The van der Waals surface area contributed by atoms with Crippen molar-refractivity contribution in [2.75, 3.05) is 31.2 Å². The number of anilines is 1. The molecule has 33 heavy (non-hydrogen) atoms. The average Bonchev–Trinajstić information content (AvgIpc) is 3.19. The van der Waals surface area contributed by atoms with E-state index >= 15 is 0 Å². The molecule has 8 heteroatoms. The van der Waals surface area contributed by atoms with Crippen LogP contribution in [0.5, 0.6) is 11.6 Å². The quantitative estimate of drug-likeness (QED) is 0.621. The first-order valence-electron chi connectivity index (χ1n) is 11.4. The molecule has 0 unspecified atom stereocenters. The Bertz CT molecular complexity index is 1170. The molecule has 0 atom stereocenters. The summed E-state index contributed by atoms with van der Waals surface area (Å²) in [6.45, 7) is 3.18. The zero-order valence-corrected chi connectivity index (χ0v) is 18.8. The molecule has 2 aliphatic heterocycles. The van der Waals surface area contributed by atoms with Gasteiger partial charge in [-0.25, -0.2) is 4.68 Å². The van der Waals surface area contributed by atoms with Gasteiger partial charge in [-0.1, -0.05) is 6.07 Å². The second-order valence-corrected chi connectivity index (χ2v) is 9.02.